The normalized spacial score (nSPS) is 12.1. The molecule has 0 spiro atoms. The molecule has 134 valence electrons. The Balaban J connectivity index is 1.91. The lowest BCUT2D eigenvalue weighted by molar-refractivity contribution is 0.867. The maximum absolute atomic E-state index is 5.72. The maximum atomic E-state index is 5.72. The van der Waals surface area contributed by atoms with Gasteiger partial charge < -0.3 is 5.32 Å². The fraction of sp³-hybridized carbons (Fsp3) is 0.174. The molecule has 1 atom stereocenters. The van der Waals surface area contributed by atoms with E-state index in [0.717, 1.165) is 33.3 Å². The first kappa shape index (κ1) is 17.4. The standard InChI is InChI=1S/C23H21N3S/c1-5-18-11-12-27-22(18)21-23(24-17(4)19-9-7-6-8-10-19)26-16(3)13-15(2)14-20(26)25-21/h1,6-14,17,24H,2-4H3. The van der Waals surface area contributed by atoms with E-state index in [2.05, 4.69) is 72.8 Å². The minimum atomic E-state index is 0.139. The van der Waals surface area contributed by atoms with Crippen molar-refractivity contribution in [2.75, 3.05) is 5.32 Å². The van der Waals surface area contributed by atoms with Gasteiger partial charge in [-0.2, -0.15) is 0 Å². The third kappa shape index (κ3) is 3.11. The van der Waals surface area contributed by atoms with Crippen LogP contribution in [0.5, 0.6) is 0 Å². The minimum Gasteiger partial charge on any atom is -0.363 e. The predicted molar refractivity (Wildman–Crippen MR) is 114 cm³/mol. The first-order valence-corrected chi connectivity index (χ1v) is 9.82. The van der Waals surface area contributed by atoms with Crippen LogP contribution < -0.4 is 5.32 Å². The van der Waals surface area contributed by atoms with Crippen molar-refractivity contribution < 1.29 is 0 Å². The number of thiophene rings is 1. The highest BCUT2D eigenvalue weighted by atomic mass is 32.1. The van der Waals surface area contributed by atoms with E-state index in [4.69, 9.17) is 11.4 Å². The Bertz CT molecular complexity index is 1150. The zero-order valence-electron chi connectivity index (χ0n) is 15.7. The molecule has 0 bridgehead atoms. The second kappa shape index (κ2) is 6.94. The highest BCUT2D eigenvalue weighted by molar-refractivity contribution is 7.13. The van der Waals surface area contributed by atoms with E-state index in [1.54, 1.807) is 11.3 Å². The molecule has 0 saturated heterocycles. The third-order valence-electron chi connectivity index (χ3n) is 4.74. The summed E-state index contributed by atoms with van der Waals surface area (Å²) in [6.07, 6.45) is 5.72. The van der Waals surface area contributed by atoms with Gasteiger partial charge in [0.15, 0.2) is 0 Å². The van der Waals surface area contributed by atoms with Gasteiger partial charge in [0.2, 0.25) is 0 Å². The van der Waals surface area contributed by atoms with E-state index in [1.807, 2.05) is 17.5 Å². The molecule has 3 aromatic heterocycles. The molecule has 1 N–H and O–H groups in total. The van der Waals surface area contributed by atoms with Gasteiger partial charge in [-0.25, -0.2) is 4.98 Å². The van der Waals surface area contributed by atoms with Crippen LogP contribution in [0.1, 0.15) is 35.3 Å². The van der Waals surface area contributed by atoms with Crippen molar-refractivity contribution in [2.45, 2.75) is 26.8 Å². The lowest BCUT2D eigenvalue weighted by Crippen LogP contribution is -2.10. The Morgan fingerprint density at radius 2 is 1.93 bits per heavy atom. The SMILES string of the molecule is C#Cc1ccsc1-c1nc2cc(C)cc(C)n2c1NC(C)c1ccccc1. The van der Waals surface area contributed by atoms with Crippen LogP contribution in [0, 0.1) is 26.2 Å². The second-order valence-corrected chi connectivity index (χ2v) is 7.68. The van der Waals surface area contributed by atoms with Crippen molar-refractivity contribution in [3.8, 4) is 22.9 Å². The molecule has 1 aromatic carbocycles. The van der Waals surface area contributed by atoms with Crippen LogP contribution in [0.3, 0.4) is 0 Å². The second-order valence-electron chi connectivity index (χ2n) is 6.76. The van der Waals surface area contributed by atoms with Crippen LogP contribution in [-0.2, 0) is 0 Å². The Hall–Kier alpha value is -3.03. The maximum Gasteiger partial charge on any atom is 0.140 e. The molecule has 4 aromatic rings. The number of terminal acetylenes is 1. The number of rotatable bonds is 4. The molecule has 0 radical (unpaired) electrons. The van der Waals surface area contributed by atoms with Gasteiger partial charge in [0, 0.05) is 17.3 Å². The van der Waals surface area contributed by atoms with E-state index < -0.39 is 0 Å². The van der Waals surface area contributed by atoms with Gasteiger partial charge in [-0.05, 0) is 55.5 Å². The van der Waals surface area contributed by atoms with Gasteiger partial charge in [0.25, 0.3) is 0 Å². The molecule has 0 aliphatic rings. The molecule has 4 heteroatoms. The van der Waals surface area contributed by atoms with Crippen LogP contribution in [-0.4, -0.2) is 9.38 Å². The van der Waals surface area contributed by atoms with Crippen LogP contribution in [0.15, 0.2) is 53.9 Å². The van der Waals surface area contributed by atoms with E-state index in [-0.39, 0.29) is 6.04 Å². The molecule has 4 rings (SSSR count). The molecule has 0 saturated carbocycles. The number of aryl methyl sites for hydroxylation is 2. The number of hydrogen-bond acceptors (Lipinski definition) is 3. The molecule has 0 fully saturated rings. The summed E-state index contributed by atoms with van der Waals surface area (Å²) in [5, 5.41) is 5.71. The number of imidazole rings is 1. The van der Waals surface area contributed by atoms with Crippen LogP contribution >= 0.6 is 11.3 Å². The molecular weight excluding hydrogens is 350 g/mol. The van der Waals surface area contributed by atoms with E-state index >= 15 is 0 Å². The summed E-state index contributed by atoms with van der Waals surface area (Å²) >= 11 is 1.63. The number of hydrogen-bond donors (Lipinski definition) is 1. The number of aromatic nitrogens is 2. The van der Waals surface area contributed by atoms with Crippen LogP contribution in [0.2, 0.25) is 0 Å². The Kier molecular flexibility index (Phi) is 4.47. The average Bonchev–Trinajstić information content (AvgIpc) is 3.26. The lowest BCUT2D eigenvalue weighted by Gasteiger charge is -2.17. The Morgan fingerprint density at radius 3 is 2.67 bits per heavy atom. The molecule has 3 heterocycles. The largest absolute Gasteiger partial charge is 0.363 e. The molecule has 3 nitrogen and oxygen atoms in total. The van der Waals surface area contributed by atoms with E-state index in [1.165, 1.54) is 11.1 Å². The fourth-order valence-corrected chi connectivity index (χ4v) is 4.31. The lowest BCUT2D eigenvalue weighted by atomic mass is 10.1. The summed E-state index contributed by atoms with van der Waals surface area (Å²) in [4.78, 5) is 5.98. The average molecular weight is 372 g/mol. The first-order valence-electron chi connectivity index (χ1n) is 8.94. The monoisotopic (exact) mass is 371 g/mol. The van der Waals surface area contributed by atoms with Gasteiger partial charge in [-0.15, -0.1) is 17.8 Å². The Morgan fingerprint density at radius 1 is 1.15 bits per heavy atom. The summed E-state index contributed by atoms with van der Waals surface area (Å²) in [6.45, 7) is 6.37. The topological polar surface area (TPSA) is 29.3 Å². The number of nitrogens with zero attached hydrogens (tertiary/aromatic N) is 2. The van der Waals surface area contributed by atoms with Crippen molar-refractivity contribution in [1.29, 1.82) is 0 Å². The van der Waals surface area contributed by atoms with Crippen LogP contribution in [0.4, 0.5) is 5.82 Å². The predicted octanol–water partition coefficient (Wildman–Crippen LogP) is 5.83. The van der Waals surface area contributed by atoms with Gasteiger partial charge in [-0.1, -0.05) is 36.3 Å². The highest BCUT2D eigenvalue weighted by Crippen LogP contribution is 2.37. The first-order chi connectivity index (χ1) is 13.1. The summed E-state index contributed by atoms with van der Waals surface area (Å²) in [7, 11) is 0. The highest BCUT2D eigenvalue weighted by Gasteiger charge is 2.20. The number of pyridine rings is 1. The van der Waals surface area contributed by atoms with Crippen molar-refractivity contribution in [1.82, 2.24) is 9.38 Å². The van der Waals surface area contributed by atoms with Gasteiger partial charge in [0.05, 0.1) is 4.88 Å². The van der Waals surface area contributed by atoms with Gasteiger partial charge in [0.1, 0.15) is 17.2 Å². The zero-order valence-corrected chi connectivity index (χ0v) is 16.5. The fourth-order valence-electron chi connectivity index (χ4n) is 3.46. The molecule has 1 unspecified atom stereocenters. The van der Waals surface area contributed by atoms with E-state index in [0.29, 0.717) is 0 Å². The minimum absolute atomic E-state index is 0.139. The van der Waals surface area contributed by atoms with Gasteiger partial charge in [-0.3, -0.25) is 4.40 Å². The zero-order chi connectivity index (χ0) is 19.0. The smallest absolute Gasteiger partial charge is 0.140 e. The summed E-state index contributed by atoms with van der Waals surface area (Å²) in [5.41, 5.74) is 6.30. The summed E-state index contributed by atoms with van der Waals surface area (Å²) in [5.74, 6) is 3.77. The quantitative estimate of drug-likeness (QED) is 0.457. The number of fused-ring (bicyclic) bond motifs is 1. The summed E-state index contributed by atoms with van der Waals surface area (Å²) in [6, 6.07) is 16.8. The van der Waals surface area contributed by atoms with Gasteiger partial charge >= 0.3 is 0 Å². The third-order valence-corrected chi connectivity index (χ3v) is 5.66. The molecule has 27 heavy (non-hydrogen) atoms. The van der Waals surface area contributed by atoms with E-state index in [9.17, 15) is 0 Å². The van der Waals surface area contributed by atoms with Crippen molar-refractivity contribution >= 4 is 22.8 Å². The van der Waals surface area contributed by atoms with Crippen molar-refractivity contribution in [3.63, 3.8) is 0 Å². The molecule has 0 aliphatic heterocycles. The number of benzene rings is 1. The number of nitrogens with one attached hydrogen (secondary N) is 1. The van der Waals surface area contributed by atoms with Crippen molar-refractivity contribution in [3.05, 3.63) is 76.3 Å². The van der Waals surface area contributed by atoms with Crippen molar-refractivity contribution in [2.24, 2.45) is 0 Å². The summed E-state index contributed by atoms with van der Waals surface area (Å²) < 4.78 is 2.18. The Labute approximate surface area is 163 Å². The molecule has 0 aliphatic carbocycles. The molecular formula is C23H21N3S. The molecule has 0 amide bonds. The van der Waals surface area contributed by atoms with Crippen LogP contribution in [0.25, 0.3) is 16.2 Å². The number of anilines is 1.